The third-order valence-electron chi connectivity index (χ3n) is 5.17. The van der Waals surface area contributed by atoms with Crippen LogP contribution in [0.1, 0.15) is 17.4 Å². The Bertz CT molecular complexity index is 1360. The van der Waals surface area contributed by atoms with Crippen LogP contribution in [-0.2, 0) is 9.59 Å². The number of carbonyl (C=O) groups excluding carboxylic acids is 2. The minimum absolute atomic E-state index is 0.0683. The summed E-state index contributed by atoms with van der Waals surface area (Å²) in [5, 5.41) is 11.5. The highest BCUT2D eigenvalue weighted by molar-refractivity contribution is 9.10. The molecule has 0 aliphatic carbocycles. The number of aromatic nitrogens is 1. The molecule has 0 bridgehead atoms. The Hall–Kier alpha value is -3.43. The van der Waals surface area contributed by atoms with Crippen LogP contribution >= 0.6 is 27.3 Å². The number of para-hydroxylation sites is 1. The number of anilines is 1. The molecule has 2 aromatic carbocycles. The van der Waals surface area contributed by atoms with Gasteiger partial charge in [0.1, 0.15) is 23.3 Å². The fourth-order valence-corrected chi connectivity index (χ4v) is 5.21. The van der Waals surface area contributed by atoms with Crippen LogP contribution < -0.4 is 9.64 Å². The summed E-state index contributed by atoms with van der Waals surface area (Å²) in [4.78, 5) is 32.1. The highest BCUT2D eigenvalue weighted by Crippen LogP contribution is 2.44. The molecule has 1 amide bonds. The average Bonchev–Trinajstić information content (AvgIpc) is 3.52. The molecular formula is C23H15BrN2O5S. The summed E-state index contributed by atoms with van der Waals surface area (Å²) in [6, 6.07) is 14.7. The van der Waals surface area contributed by atoms with Crippen molar-refractivity contribution in [3.05, 3.63) is 82.2 Å². The van der Waals surface area contributed by atoms with Crippen molar-refractivity contribution in [2.24, 2.45) is 0 Å². The number of hydrogen-bond acceptors (Lipinski definition) is 7. The quantitative estimate of drug-likeness (QED) is 0.228. The van der Waals surface area contributed by atoms with Gasteiger partial charge in [0.2, 0.25) is 0 Å². The number of rotatable bonds is 4. The van der Waals surface area contributed by atoms with Crippen molar-refractivity contribution in [2.75, 3.05) is 12.0 Å². The third-order valence-corrected chi connectivity index (χ3v) is 6.83. The molecule has 7 nitrogen and oxygen atoms in total. The minimum atomic E-state index is -0.952. The monoisotopic (exact) mass is 510 g/mol. The predicted molar refractivity (Wildman–Crippen MR) is 124 cm³/mol. The third kappa shape index (κ3) is 3.21. The van der Waals surface area contributed by atoms with Gasteiger partial charge >= 0.3 is 5.91 Å². The van der Waals surface area contributed by atoms with E-state index < -0.39 is 17.7 Å². The van der Waals surface area contributed by atoms with E-state index in [0.717, 1.165) is 4.70 Å². The Morgan fingerprint density at radius 2 is 2.00 bits per heavy atom. The second kappa shape index (κ2) is 7.92. The number of ether oxygens (including phenoxy) is 1. The molecule has 9 heteroatoms. The molecular weight excluding hydrogens is 496 g/mol. The van der Waals surface area contributed by atoms with Crippen molar-refractivity contribution in [1.29, 1.82) is 0 Å². The van der Waals surface area contributed by atoms with Gasteiger partial charge in [-0.15, -0.1) is 0 Å². The number of benzene rings is 2. The van der Waals surface area contributed by atoms with Crippen molar-refractivity contribution in [1.82, 2.24) is 4.98 Å². The van der Waals surface area contributed by atoms with Gasteiger partial charge in [0, 0.05) is 5.56 Å². The number of methoxy groups -OCH3 is 1. The van der Waals surface area contributed by atoms with Crippen molar-refractivity contribution >= 4 is 60.1 Å². The molecule has 1 atom stereocenters. The molecule has 1 fully saturated rings. The summed E-state index contributed by atoms with van der Waals surface area (Å²) in [6.07, 6.45) is 1.46. The van der Waals surface area contributed by atoms with Crippen molar-refractivity contribution in [3.63, 3.8) is 0 Å². The lowest BCUT2D eigenvalue weighted by atomic mass is 9.99. The smallest absolute Gasteiger partial charge is 0.302 e. The molecule has 1 unspecified atom stereocenters. The standard InChI is InChI=1S/C23H15BrN2O5S/c1-30-15-9-8-12(11-13(15)24)20(27)18-19(16-6-4-10-31-16)26(22(29)21(18)28)23-25-14-5-2-3-7-17(14)32-23/h2-11,19,27H,1H3/b20-18+. The van der Waals surface area contributed by atoms with Crippen molar-refractivity contribution in [3.8, 4) is 5.75 Å². The number of Topliss-reactive ketones (excluding diaryl/α,β-unsaturated/α-hetero) is 1. The minimum Gasteiger partial charge on any atom is -0.507 e. The zero-order valence-electron chi connectivity index (χ0n) is 16.6. The van der Waals surface area contributed by atoms with E-state index in [1.807, 2.05) is 24.3 Å². The number of carbonyl (C=O) groups is 2. The lowest BCUT2D eigenvalue weighted by Gasteiger charge is -2.20. The molecule has 0 radical (unpaired) electrons. The van der Waals surface area contributed by atoms with E-state index in [2.05, 4.69) is 20.9 Å². The number of aliphatic hydroxyl groups excluding tert-OH is 1. The largest absolute Gasteiger partial charge is 0.507 e. The molecule has 2 aromatic heterocycles. The maximum atomic E-state index is 13.1. The topological polar surface area (TPSA) is 92.9 Å². The summed E-state index contributed by atoms with van der Waals surface area (Å²) in [5.74, 6) is -0.983. The Morgan fingerprint density at radius 3 is 2.69 bits per heavy atom. The Morgan fingerprint density at radius 1 is 1.19 bits per heavy atom. The van der Waals surface area contributed by atoms with E-state index >= 15 is 0 Å². The highest BCUT2D eigenvalue weighted by Gasteiger charge is 2.49. The number of aliphatic hydroxyl groups is 1. The second-order valence-electron chi connectivity index (χ2n) is 7.00. The van der Waals surface area contributed by atoms with E-state index in [1.54, 1.807) is 30.3 Å². The molecule has 3 heterocycles. The van der Waals surface area contributed by atoms with Crippen LogP contribution in [-0.4, -0.2) is 28.9 Å². The summed E-state index contributed by atoms with van der Waals surface area (Å²) < 4.78 is 12.3. The first-order valence-corrected chi connectivity index (χ1v) is 11.1. The van der Waals surface area contributed by atoms with Gasteiger partial charge in [-0.25, -0.2) is 4.98 Å². The van der Waals surface area contributed by atoms with Crippen LogP contribution in [0.15, 0.2) is 75.3 Å². The number of nitrogens with zero attached hydrogens (tertiary/aromatic N) is 2. The number of furan rings is 1. The molecule has 0 spiro atoms. The van der Waals surface area contributed by atoms with Crippen molar-refractivity contribution in [2.45, 2.75) is 6.04 Å². The van der Waals surface area contributed by atoms with Crippen LogP contribution in [0.2, 0.25) is 0 Å². The number of fused-ring (bicyclic) bond motifs is 1. The fraction of sp³-hybridized carbons (Fsp3) is 0.0870. The maximum absolute atomic E-state index is 13.1. The lowest BCUT2D eigenvalue weighted by Crippen LogP contribution is -2.29. The van der Waals surface area contributed by atoms with Crippen LogP contribution in [0.5, 0.6) is 5.75 Å². The average molecular weight is 511 g/mol. The van der Waals surface area contributed by atoms with E-state index in [0.29, 0.717) is 32.2 Å². The van der Waals surface area contributed by atoms with E-state index in [9.17, 15) is 14.7 Å². The lowest BCUT2D eigenvalue weighted by molar-refractivity contribution is -0.132. The second-order valence-corrected chi connectivity index (χ2v) is 8.86. The maximum Gasteiger partial charge on any atom is 0.302 e. The molecule has 5 rings (SSSR count). The summed E-state index contributed by atoms with van der Waals surface area (Å²) in [6.45, 7) is 0. The summed E-state index contributed by atoms with van der Waals surface area (Å²) >= 11 is 4.68. The SMILES string of the molecule is COc1ccc(/C(O)=C2\C(=O)C(=O)N(c3nc4ccccc4s3)C2c2ccco2)cc1Br. The first-order chi connectivity index (χ1) is 15.5. The van der Waals surface area contributed by atoms with Crippen molar-refractivity contribution < 1.29 is 23.8 Å². The normalized spacial score (nSPS) is 17.9. The van der Waals surface area contributed by atoms with E-state index in [4.69, 9.17) is 9.15 Å². The van der Waals surface area contributed by atoms with Gasteiger partial charge in [0.25, 0.3) is 5.78 Å². The molecule has 4 aromatic rings. The summed E-state index contributed by atoms with van der Waals surface area (Å²) in [5.41, 5.74) is 1.00. The molecule has 1 aliphatic rings. The van der Waals surface area contributed by atoms with E-state index in [-0.39, 0.29) is 11.3 Å². The molecule has 1 aliphatic heterocycles. The predicted octanol–water partition coefficient (Wildman–Crippen LogP) is 5.29. The Balaban J connectivity index is 1.70. The van der Waals surface area contributed by atoms with Gasteiger partial charge < -0.3 is 14.3 Å². The van der Waals surface area contributed by atoms with Gasteiger partial charge in [-0.1, -0.05) is 23.5 Å². The number of ketones is 1. The summed E-state index contributed by atoms with van der Waals surface area (Å²) in [7, 11) is 1.53. The molecule has 0 saturated carbocycles. The Labute approximate surface area is 194 Å². The molecule has 32 heavy (non-hydrogen) atoms. The number of amides is 1. The van der Waals surface area contributed by atoms with E-state index in [1.165, 1.54) is 29.6 Å². The van der Waals surface area contributed by atoms with Gasteiger partial charge in [-0.3, -0.25) is 14.5 Å². The highest BCUT2D eigenvalue weighted by atomic mass is 79.9. The number of halogens is 1. The first-order valence-electron chi connectivity index (χ1n) is 9.53. The van der Waals surface area contributed by atoms with Gasteiger partial charge in [0.05, 0.1) is 33.6 Å². The van der Waals surface area contributed by atoms with Gasteiger partial charge in [-0.05, 0) is 58.4 Å². The zero-order valence-corrected chi connectivity index (χ0v) is 19.0. The van der Waals surface area contributed by atoms with Gasteiger partial charge in [-0.2, -0.15) is 0 Å². The Kier molecular flexibility index (Phi) is 5.07. The first kappa shape index (κ1) is 20.5. The van der Waals surface area contributed by atoms with Gasteiger partial charge in [0.15, 0.2) is 5.13 Å². The van der Waals surface area contributed by atoms with Crippen LogP contribution in [0.3, 0.4) is 0 Å². The molecule has 160 valence electrons. The van der Waals surface area contributed by atoms with Crippen LogP contribution in [0.25, 0.3) is 16.0 Å². The molecule has 1 N–H and O–H groups in total. The van der Waals surface area contributed by atoms with Crippen LogP contribution in [0.4, 0.5) is 5.13 Å². The fourth-order valence-electron chi connectivity index (χ4n) is 3.68. The zero-order chi connectivity index (χ0) is 22.4. The number of hydrogen-bond donors (Lipinski definition) is 1. The van der Waals surface area contributed by atoms with Crippen LogP contribution in [0, 0.1) is 0 Å². The molecule has 1 saturated heterocycles. The number of thiazole rings is 1.